The number of anilines is 1. The molecule has 2 rings (SSSR count). The largest absolute Gasteiger partial charge is 0.325 e. The van der Waals surface area contributed by atoms with Gasteiger partial charge in [0.25, 0.3) is 0 Å². The van der Waals surface area contributed by atoms with Gasteiger partial charge in [-0.3, -0.25) is 4.79 Å². The third kappa shape index (κ3) is 3.84. The first kappa shape index (κ1) is 14.6. The Morgan fingerprint density at radius 3 is 2.42 bits per heavy atom. The monoisotopic (exact) mass is 321 g/mol. The molecule has 1 N–H and O–H groups in total. The summed E-state index contributed by atoms with van der Waals surface area (Å²) in [7, 11) is -2.96. The summed E-state index contributed by atoms with van der Waals surface area (Å²) in [5.41, 5.74) is 0.490. The standard InChI is InChI=1S/C12H13Cl2NO3S/c13-9-1-2-11(10(14)7-9)15-12(16)8-3-5-19(17,18)6-4-8/h1-2,7-8H,3-6H2,(H,15,16). The summed E-state index contributed by atoms with van der Waals surface area (Å²) in [6.45, 7) is 0. The Balaban J connectivity index is 2.02. The second kappa shape index (κ2) is 5.69. The second-order valence-electron chi connectivity index (χ2n) is 4.54. The highest BCUT2D eigenvalue weighted by molar-refractivity contribution is 7.91. The molecule has 4 nitrogen and oxygen atoms in total. The van der Waals surface area contributed by atoms with E-state index in [2.05, 4.69) is 5.32 Å². The summed E-state index contributed by atoms with van der Waals surface area (Å²) in [4.78, 5) is 12.0. The Bertz CT molecular complexity index is 587. The number of rotatable bonds is 2. The summed E-state index contributed by atoms with van der Waals surface area (Å²) in [6.07, 6.45) is 0.721. The van der Waals surface area contributed by atoms with E-state index in [1.807, 2.05) is 0 Å². The van der Waals surface area contributed by atoms with Crippen molar-refractivity contribution in [2.24, 2.45) is 5.92 Å². The normalized spacial score (nSPS) is 19.1. The fourth-order valence-electron chi connectivity index (χ4n) is 1.98. The SMILES string of the molecule is O=C(Nc1ccc(Cl)cc1Cl)C1CCS(=O)(=O)CC1. The van der Waals surface area contributed by atoms with Crippen molar-refractivity contribution in [3.63, 3.8) is 0 Å². The quantitative estimate of drug-likeness (QED) is 0.911. The zero-order valence-electron chi connectivity index (χ0n) is 10.0. The zero-order valence-corrected chi connectivity index (χ0v) is 12.4. The van der Waals surface area contributed by atoms with E-state index in [0.29, 0.717) is 28.6 Å². The molecule has 0 radical (unpaired) electrons. The van der Waals surface area contributed by atoms with Crippen molar-refractivity contribution < 1.29 is 13.2 Å². The lowest BCUT2D eigenvalue weighted by Crippen LogP contribution is -2.31. The van der Waals surface area contributed by atoms with E-state index in [1.54, 1.807) is 18.2 Å². The van der Waals surface area contributed by atoms with Gasteiger partial charge in [0.2, 0.25) is 5.91 Å². The lowest BCUT2D eigenvalue weighted by atomic mass is 10.0. The van der Waals surface area contributed by atoms with Gasteiger partial charge in [0, 0.05) is 10.9 Å². The fourth-order valence-corrected chi connectivity index (χ4v) is 3.92. The molecule has 19 heavy (non-hydrogen) atoms. The number of carbonyl (C=O) groups excluding carboxylic acids is 1. The minimum atomic E-state index is -2.96. The topological polar surface area (TPSA) is 63.2 Å². The fraction of sp³-hybridized carbons (Fsp3) is 0.417. The molecule has 1 heterocycles. The van der Waals surface area contributed by atoms with Gasteiger partial charge < -0.3 is 5.32 Å². The van der Waals surface area contributed by atoms with Gasteiger partial charge in [-0.15, -0.1) is 0 Å². The molecule has 1 aliphatic rings. The van der Waals surface area contributed by atoms with Crippen molar-refractivity contribution in [2.75, 3.05) is 16.8 Å². The van der Waals surface area contributed by atoms with Crippen LogP contribution in [0.2, 0.25) is 10.0 Å². The smallest absolute Gasteiger partial charge is 0.227 e. The number of halogens is 2. The maximum absolute atomic E-state index is 12.0. The van der Waals surface area contributed by atoms with Gasteiger partial charge in [-0.25, -0.2) is 8.42 Å². The van der Waals surface area contributed by atoms with Gasteiger partial charge >= 0.3 is 0 Å². The average molecular weight is 322 g/mol. The minimum Gasteiger partial charge on any atom is -0.325 e. The third-order valence-electron chi connectivity index (χ3n) is 3.11. The molecule has 0 saturated carbocycles. The van der Waals surface area contributed by atoms with Crippen LogP contribution in [0.15, 0.2) is 18.2 Å². The predicted octanol–water partition coefficient (Wildman–Crippen LogP) is 2.76. The number of nitrogens with one attached hydrogen (secondary N) is 1. The first-order chi connectivity index (χ1) is 8.87. The number of hydrogen-bond acceptors (Lipinski definition) is 3. The van der Waals surface area contributed by atoms with Crippen LogP contribution in [0.25, 0.3) is 0 Å². The molecule has 0 aromatic heterocycles. The third-order valence-corrected chi connectivity index (χ3v) is 5.38. The molecular weight excluding hydrogens is 309 g/mol. The van der Waals surface area contributed by atoms with Gasteiger partial charge in [0.05, 0.1) is 22.2 Å². The molecular formula is C12H13Cl2NO3S. The van der Waals surface area contributed by atoms with Gasteiger partial charge in [-0.2, -0.15) is 0 Å². The Morgan fingerprint density at radius 2 is 1.84 bits per heavy atom. The summed E-state index contributed by atoms with van der Waals surface area (Å²) in [5.74, 6) is -0.340. The Labute approximate surface area is 122 Å². The molecule has 0 bridgehead atoms. The Hall–Kier alpha value is -0.780. The van der Waals surface area contributed by atoms with E-state index >= 15 is 0 Å². The number of benzene rings is 1. The van der Waals surface area contributed by atoms with Crippen LogP contribution in [-0.2, 0) is 14.6 Å². The van der Waals surface area contributed by atoms with Gasteiger partial charge in [0.15, 0.2) is 0 Å². The Kier molecular flexibility index (Phi) is 4.38. The Morgan fingerprint density at radius 1 is 1.21 bits per heavy atom. The summed E-state index contributed by atoms with van der Waals surface area (Å²) in [5, 5.41) is 3.57. The zero-order chi connectivity index (χ0) is 14.0. The summed E-state index contributed by atoms with van der Waals surface area (Å²) >= 11 is 11.7. The van der Waals surface area contributed by atoms with E-state index in [1.165, 1.54) is 0 Å². The van der Waals surface area contributed by atoms with Crippen molar-refractivity contribution in [3.05, 3.63) is 28.2 Å². The van der Waals surface area contributed by atoms with Crippen LogP contribution in [0.5, 0.6) is 0 Å². The second-order valence-corrected chi connectivity index (χ2v) is 7.69. The van der Waals surface area contributed by atoms with Crippen molar-refractivity contribution in [2.45, 2.75) is 12.8 Å². The van der Waals surface area contributed by atoms with E-state index in [4.69, 9.17) is 23.2 Å². The minimum absolute atomic E-state index is 0.0689. The van der Waals surface area contributed by atoms with Crippen LogP contribution in [0.4, 0.5) is 5.69 Å². The molecule has 0 aliphatic carbocycles. The maximum Gasteiger partial charge on any atom is 0.227 e. The molecule has 104 valence electrons. The molecule has 1 aliphatic heterocycles. The molecule has 0 spiro atoms. The number of hydrogen-bond donors (Lipinski definition) is 1. The van der Waals surface area contributed by atoms with Crippen LogP contribution < -0.4 is 5.32 Å². The molecule has 1 fully saturated rings. The molecule has 0 unspecified atom stereocenters. The maximum atomic E-state index is 12.0. The molecule has 1 saturated heterocycles. The lowest BCUT2D eigenvalue weighted by Gasteiger charge is -2.21. The average Bonchev–Trinajstić information content (AvgIpc) is 2.32. The lowest BCUT2D eigenvalue weighted by molar-refractivity contribution is -0.120. The number of amides is 1. The van der Waals surface area contributed by atoms with E-state index in [-0.39, 0.29) is 23.3 Å². The highest BCUT2D eigenvalue weighted by Gasteiger charge is 2.28. The molecule has 7 heteroatoms. The van der Waals surface area contributed by atoms with Crippen LogP contribution in [0.1, 0.15) is 12.8 Å². The van der Waals surface area contributed by atoms with Crippen LogP contribution in [0.3, 0.4) is 0 Å². The van der Waals surface area contributed by atoms with Gasteiger partial charge in [-0.1, -0.05) is 23.2 Å². The highest BCUT2D eigenvalue weighted by Crippen LogP contribution is 2.27. The first-order valence-corrected chi connectivity index (χ1v) is 8.41. The summed E-state index contributed by atoms with van der Waals surface area (Å²) in [6, 6.07) is 4.81. The van der Waals surface area contributed by atoms with Crippen molar-refractivity contribution in [1.82, 2.24) is 0 Å². The van der Waals surface area contributed by atoms with E-state index in [9.17, 15) is 13.2 Å². The van der Waals surface area contributed by atoms with Crippen molar-refractivity contribution in [1.29, 1.82) is 0 Å². The summed E-state index contributed by atoms with van der Waals surface area (Å²) < 4.78 is 22.6. The van der Waals surface area contributed by atoms with Gasteiger partial charge in [0.1, 0.15) is 9.84 Å². The van der Waals surface area contributed by atoms with E-state index < -0.39 is 9.84 Å². The van der Waals surface area contributed by atoms with Crippen molar-refractivity contribution >= 4 is 44.6 Å². The predicted molar refractivity (Wildman–Crippen MR) is 76.5 cm³/mol. The van der Waals surface area contributed by atoms with Crippen LogP contribution in [-0.4, -0.2) is 25.8 Å². The molecule has 0 atom stereocenters. The van der Waals surface area contributed by atoms with Crippen molar-refractivity contribution in [3.8, 4) is 0 Å². The first-order valence-electron chi connectivity index (χ1n) is 5.84. The molecule has 1 aromatic rings. The van der Waals surface area contributed by atoms with Crippen LogP contribution in [0, 0.1) is 5.92 Å². The molecule has 1 aromatic carbocycles. The molecule has 1 amide bonds. The van der Waals surface area contributed by atoms with Gasteiger partial charge in [-0.05, 0) is 31.0 Å². The van der Waals surface area contributed by atoms with E-state index in [0.717, 1.165) is 0 Å². The van der Waals surface area contributed by atoms with Crippen LogP contribution >= 0.6 is 23.2 Å². The number of carbonyl (C=O) groups is 1. The highest BCUT2D eigenvalue weighted by atomic mass is 35.5. The number of sulfone groups is 1.